The van der Waals surface area contributed by atoms with Crippen molar-refractivity contribution in [2.45, 2.75) is 44.7 Å². The van der Waals surface area contributed by atoms with E-state index in [-0.39, 0.29) is 5.91 Å². The van der Waals surface area contributed by atoms with E-state index in [0.717, 1.165) is 12.8 Å². The summed E-state index contributed by atoms with van der Waals surface area (Å²) in [6, 6.07) is 2.49. The van der Waals surface area contributed by atoms with Gasteiger partial charge in [0.1, 0.15) is 5.54 Å². The molecule has 3 nitrogen and oxygen atoms in total. The standard InChI is InChI=1S/C10H15BrN2O/c1-10(2,7-12)13(8-3-4-8)9(14)5-6-11/h8H,3-6H2,1-2H3. The highest BCUT2D eigenvalue weighted by Crippen LogP contribution is 2.33. The van der Waals surface area contributed by atoms with Crippen molar-refractivity contribution in [2.75, 3.05) is 5.33 Å². The molecular formula is C10H15BrN2O. The zero-order valence-corrected chi connectivity index (χ0v) is 10.2. The third-order valence-electron chi connectivity index (χ3n) is 2.36. The Bertz CT molecular complexity index is 266. The number of halogens is 1. The lowest BCUT2D eigenvalue weighted by Crippen LogP contribution is -2.48. The number of carbonyl (C=O) groups is 1. The maximum Gasteiger partial charge on any atom is 0.224 e. The molecular weight excluding hydrogens is 244 g/mol. The van der Waals surface area contributed by atoms with Crippen molar-refractivity contribution in [1.82, 2.24) is 4.90 Å². The van der Waals surface area contributed by atoms with E-state index in [4.69, 9.17) is 5.26 Å². The molecule has 0 aromatic carbocycles. The van der Waals surface area contributed by atoms with E-state index in [1.807, 2.05) is 0 Å². The Morgan fingerprint density at radius 3 is 2.57 bits per heavy atom. The minimum Gasteiger partial charge on any atom is -0.322 e. The highest BCUT2D eigenvalue weighted by atomic mass is 79.9. The van der Waals surface area contributed by atoms with E-state index in [2.05, 4.69) is 22.0 Å². The Kier molecular flexibility index (Phi) is 3.54. The van der Waals surface area contributed by atoms with Gasteiger partial charge < -0.3 is 4.90 Å². The molecule has 14 heavy (non-hydrogen) atoms. The molecule has 0 saturated heterocycles. The van der Waals surface area contributed by atoms with Crippen LogP contribution in [0.15, 0.2) is 0 Å². The summed E-state index contributed by atoms with van der Waals surface area (Å²) in [6.45, 7) is 3.61. The third kappa shape index (κ3) is 2.48. The lowest BCUT2D eigenvalue weighted by molar-refractivity contribution is -0.135. The first kappa shape index (κ1) is 11.5. The molecule has 0 unspecified atom stereocenters. The van der Waals surface area contributed by atoms with E-state index < -0.39 is 5.54 Å². The molecule has 0 aliphatic heterocycles. The zero-order chi connectivity index (χ0) is 10.8. The molecule has 78 valence electrons. The highest BCUT2D eigenvalue weighted by Gasteiger charge is 2.41. The molecule has 1 rings (SSSR count). The Labute approximate surface area is 93.2 Å². The summed E-state index contributed by atoms with van der Waals surface area (Å²) in [7, 11) is 0. The summed E-state index contributed by atoms with van der Waals surface area (Å²) < 4.78 is 0. The van der Waals surface area contributed by atoms with Crippen LogP contribution in [0.5, 0.6) is 0 Å². The molecule has 0 atom stereocenters. The molecule has 1 amide bonds. The molecule has 0 aromatic rings. The van der Waals surface area contributed by atoms with Crippen molar-refractivity contribution in [3.05, 3.63) is 0 Å². The summed E-state index contributed by atoms with van der Waals surface area (Å²) in [5, 5.41) is 9.67. The number of rotatable bonds is 4. The van der Waals surface area contributed by atoms with Crippen LogP contribution in [0.2, 0.25) is 0 Å². The second-order valence-corrected chi connectivity index (χ2v) is 4.90. The van der Waals surface area contributed by atoms with E-state index in [1.165, 1.54) is 0 Å². The maximum absolute atomic E-state index is 11.8. The summed E-state index contributed by atoms with van der Waals surface area (Å²) in [6.07, 6.45) is 2.56. The Morgan fingerprint density at radius 1 is 1.64 bits per heavy atom. The Balaban J connectivity index is 2.74. The highest BCUT2D eigenvalue weighted by molar-refractivity contribution is 9.09. The molecule has 1 fully saturated rings. The summed E-state index contributed by atoms with van der Waals surface area (Å²) >= 11 is 3.25. The van der Waals surface area contributed by atoms with Gasteiger partial charge >= 0.3 is 0 Å². The SMILES string of the molecule is CC(C)(C#N)N(C(=O)CCBr)C1CC1. The van der Waals surface area contributed by atoms with Gasteiger partial charge in [0, 0.05) is 17.8 Å². The third-order valence-corrected chi connectivity index (χ3v) is 2.76. The predicted molar refractivity (Wildman–Crippen MR) is 58.0 cm³/mol. The van der Waals surface area contributed by atoms with Gasteiger partial charge in [-0.15, -0.1) is 0 Å². The van der Waals surface area contributed by atoms with Crippen molar-refractivity contribution in [3.8, 4) is 6.07 Å². The quantitative estimate of drug-likeness (QED) is 0.725. The average molecular weight is 259 g/mol. The predicted octanol–water partition coefficient (Wildman–Crippen LogP) is 2.06. The topological polar surface area (TPSA) is 44.1 Å². The van der Waals surface area contributed by atoms with Crippen LogP contribution in [0.4, 0.5) is 0 Å². The number of amides is 1. The molecule has 4 heteroatoms. The largest absolute Gasteiger partial charge is 0.322 e. The minimum atomic E-state index is -0.666. The fourth-order valence-electron chi connectivity index (χ4n) is 1.56. The zero-order valence-electron chi connectivity index (χ0n) is 8.59. The molecule has 0 aromatic heterocycles. The molecule has 1 aliphatic carbocycles. The van der Waals surface area contributed by atoms with Crippen LogP contribution >= 0.6 is 15.9 Å². The summed E-state index contributed by atoms with van der Waals surface area (Å²) in [5.74, 6) is 0.0796. The van der Waals surface area contributed by atoms with Crippen molar-refractivity contribution in [2.24, 2.45) is 0 Å². The second kappa shape index (κ2) is 4.31. The minimum absolute atomic E-state index is 0.0796. The Hall–Kier alpha value is -0.560. The van der Waals surface area contributed by atoms with Gasteiger partial charge in [0.05, 0.1) is 6.07 Å². The average Bonchev–Trinajstić information content (AvgIpc) is 2.89. The molecule has 0 N–H and O–H groups in total. The number of carbonyl (C=O) groups excluding carboxylic acids is 1. The smallest absolute Gasteiger partial charge is 0.224 e. The van der Waals surface area contributed by atoms with Crippen LogP contribution in [-0.4, -0.2) is 27.7 Å². The summed E-state index contributed by atoms with van der Waals surface area (Å²) in [4.78, 5) is 13.5. The van der Waals surface area contributed by atoms with E-state index in [1.54, 1.807) is 18.7 Å². The van der Waals surface area contributed by atoms with Crippen molar-refractivity contribution in [3.63, 3.8) is 0 Å². The molecule has 0 spiro atoms. The fourth-order valence-corrected chi connectivity index (χ4v) is 1.90. The van der Waals surface area contributed by atoms with Crippen molar-refractivity contribution in [1.29, 1.82) is 5.26 Å². The molecule has 0 radical (unpaired) electrons. The molecule has 0 heterocycles. The van der Waals surface area contributed by atoms with Gasteiger partial charge in [0.2, 0.25) is 5.91 Å². The van der Waals surface area contributed by atoms with Crippen LogP contribution in [0, 0.1) is 11.3 Å². The van der Waals surface area contributed by atoms with Crippen LogP contribution in [0.1, 0.15) is 33.1 Å². The van der Waals surface area contributed by atoms with Gasteiger partial charge in [0.15, 0.2) is 0 Å². The van der Waals surface area contributed by atoms with Gasteiger partial charge in [-0.1, -0.05) is 15.9 Å². The van der Waals surface area contributed by atoms with Crippen LogP contribution < -0.4 is 0 Å². The van der Waals surface area contributed by atoms with E-state index >= 15 is 0 Å². The van der Waals surface area contributed by atoms with E-state index in [9.17, 15) is 4.79 Å². The lowest BCUT2D eigenvalue weighted by Gasteiger charge is -2.33. The van der Waals surface area contributed by atoms with Gasteiger partial charge in [-0.3, -0.25) is 4.79 Å². The van der Waals surface area contributed by atoms with E-state index in [0.29, 0.717) is 17.8 Å². The van der Waals surface area contributed by atoms with Gasteiger partial charge in [-0.05, 0) is 26.7 Å². The first-order chi connectivity index (χ1) is 6.53. The van der Waals surface area contributed by atoms with Crippen molar-refractivity contribution >= 4 is 21.8 Å². The van der Waals surface area contributed by atoms with Crippen LogP contribution in [0.25, 0.3) is 0 Å². The first-order valence-corrected chi connectivity index (χ1v) is 5.94. The normalized spacial score (nSPS) is 16.1. The number of nitriles is 1. The van der Waals surface area contributed by atoms with Gasteiger partial charge in [0.25, 0.3) is 0 Å². The number of hydrogen-bond acceptors (Lipinski definition) is 2. The maximum atomic E-state index is 11.8. The Morgan fingerprint density at radius 2 is 2.21 bits per heavy atom. The van der Waals surface area contributed by atoms with Crippen molar-refractivity contribution < 1.29 is 4.79 Å². The first-order valence-electron chi connectivity index (χ1n) is 4.82. The monoisotopic (exact) mass is 258 g/mol. The number of nitrogens with zero attached hydrogens (tertiary/aromatic N) is 2. The lowest BCUT2D eigenvalue weighted by atomic mass is 10.0. The summed E-state index contributed by atoms with van der Waals surface area (Å²) in [5.41, 5.74) is -0.666. The number of hydrogen-bond donors (Lipinski definition) is 0. The second-order valence-electron chi connectivity index (χ2n) is 4.10. The van der Waals surface area contributed by atoms with Gasteiger partial charge in [-0.2, -0.15) is 5.26 Å². The molecule has 1 saturated carbocycles. The van der Waals surface area contributed by atoms with Crippen LogP contribution in [-0.2, 0) is 4.79 Å². The molecule has 0 bridgehead atoms. The van der Waals surface area contributed by atoms with Gasteiger partial charge in [-0.25, -0.2) is 0 Å². The number of alkyl halides is 1. The molecule has 1 aliphatic rings. The van der Waals surface area contributed by atoms with Crippen LogP contribution in [0.3, 0.4) is 0 Å². The fraction of sp³-hybridized carbons (Fsp3) is 0.800.